The molecule has 0 saturated heterocycles. The van der Waals surface area contributed by atoms with Crippen LogP contribution in [0.1, 0.15) is 12.6 Å². The minimum absolute atomic E-state index is 0.193. The van der Waals surface area contributed by atoms with E-state index in [-0.39, 0.29) is 5.37 Å². The summed E-state index contributed by atoms with van der Waals surface area (Å²) in [6.07, 6.45) is 0. The molecule has 62 valence electrons. The van der Waals surface area contributed by atoms with E-state index in [0.29, 0.717) is 5.13 Å². The normalized spacial score (nSPS) is 13.3. The fourth-order valence-corrected chi connectivity index (χ4v) is 1.31. The first kappa shape index (κ1) is 8.83. The van der Waals surface area contributed by atoms with Gasteiger partial charge in [0.25, 0.3) is 0 Å². The van der Waals surface area contributed by atoms with Crippen LogP contribution < -0.4 is 11.1 Å². The van der Waals surface area contributed by atoms with Gasteiger partial charge in [0.15, 0.2) is 5.13 Å². The summed E-state index contributed by atoms with van der Waals surface area (Å²) in [5.74, 6) is 0. The molecular formula is C6H11N3S2. The fourth-order valence-electron chi connectivity index (χ4n) is 0.656. The summed E-state index contributed by atoms with van der Waals surface area (Å²) in [7, 11) is 0. The van der Waals surface area contributed by atoms with Gasteiger partial charge in [-0.25, -0.2) is 4.98 Å². The molecule has 11 heavy (non-hydrogen) atoms. The minimum Gasteiger partial charge on any atom is -0.375 e. The van der Waals surface area contributed by atoms with Crippen molar-refractivity contribution in [2.24, 2.45) is 0 Å². The average Bonchev–Trinajstić information content (AvgIpc) is 2.31. The van der Waals surface area contributed by atoms with Crippen LogP contribution in [0.15, 0.2) is 5.38 Å². The molecule has 1 aromatic heterocycles. The number of thiol groups is 1. The molecule has 0 aliphatic heterocycles. The highest BCUT2D eigenvalue weighted by Crippen LogP contribution is 2.10. The predicted octanol–water partition coefficient (Wildman–Crippen LogP) is 1.09. The second kappa shape index (κ2) is 3.94. The summed E-state index contributed by atoms with van der Waals surface area (Å²) in [6.45, 7) is 2.71. The topological polar surface area (TPSA) is 50.9 Å². The van der Waals surface area contributed by atoms with Crippen molar-refractivity contribution in [2.75, 3.05) is 5.73 Å². The highest BCUT2D eigenvalue weighted by molar-refractivity contribution is 7.80. The zero-order chi connectivity index (χ0) is 8.27. The predicted molar refractivity (Wildman–Crippen MR) is 51.8 cm³/mol. The van der Waals surface area contributed by atoms with Crippen molar-refractivity contribution in [3.05, 3.63) is 11.1 Å². The van der Waals surface area contributed by atoms with Gasteiger partial charge in [0, 0.05) is 17.3 Å². The molecule has 1 aromatic rings. The lowest BCUT2D eigenvalue weighted by Gasteiger charge is -2.03. The van der Waals surface area contributed by atoms with Gasteiger partial charge in [-0.05, 0) is 6.92 Å². The number of aromatic nitrogens is 1. The summed E-state index contributed by atoms with van der Waals surface area (Å²) in [5.41, 5.74) is 6.43. The Hall–Kier alpha value is -0.260. The standard InChI is InChI=1S/C6H11N3S2/c1-4(10)8-2-5-3-11-6(7)9-5/h3-4,8,10H,2H2,1H3,(H2,7,9)/t4-/m0/s1. The third-order valence-electron chi connectivity index (χ3n) is 1.15. The number of nitrogens with one attached hydrogen (secondary N) is 1. The van der Waals surface area contributed by atoms with Crippen molar-refractivity contribution in [1.29, 1.82) is 0 Å². The zero-order valence-corrected chi connectivity index (χ0v) is 7.95. The molecule has 0 aliphatic rings. The van der Waals surface area contributed by atoms with Gasteiger partial charge in [-0.1, -0.05) is 0 Å². The van der Waals surface area contributed by atoms with Crippen molar-refractivity contribution in [3.63, 3.8) is 0 Å². The van der Waals surface area contributed by atoms with Crippen LogP contribution in [0.5, 0.6) is 0 Å². The number of thiazole rings is 1. The van der Waals surface area contributed by atoms with Gasteiger partial charge in [0.1, 0.15) is 0 Å². The number of nitrogen functional groups attached to an aromatic ring is 1. The molecule has 3 nitrogen and oxygen atoms in total. The quantitative estimate of drug-likeness (QED) is 0.493. The largest absolute Gasteiger partial charge is 0.375 e. The van der Waals surface area contributed by atoms with E-state index < -0.39 is 0 Å². The van der Waals surface area contributed by atoms with E-state index in [0.717, 1.165) is 12.2 Å². The molecule has 0 aromatic carbocycles. The summed E-state index contributed by atoms with van der Waals surface area (Å²) in [4.78, 5) is 4.08. The molecule has 0 spiro atoms. The second-order valence-electron chi connectivity index (χ2n) is 2.23. The first-order valence-electron chi connectivity index (χ1n) is 3.30. The van der Waals surface area contributed by atoms with Gasteiger partial charge in [-0.3, -0.25) is 0 Å². The van der Waals surface area contributed by atoms with Gasteiger partial charge in [-0.2, -0.15) is 12.6 Å². The van der Waals surface area contributed by atoms with Crippen LogP contribution in [0.4, 0.5) is 5.13 Å². The molecule has 0 fully saturated rings. The van der Waals surface area contributed by atoms with Crippen molar-refractivity contribution >= 4 is 29.1 Å². The third kappa shape index (κ3) is 3.09. The molecule has 0 bridgehead atoms. The number of nitrogens with two attached hydrogens (primary N) is 1. The van der Waals surface area contributed by atoms with Crippen molar-refractivity contribution in [3.8, 4) is 0 Å². The zero-order valence-electron chi connectivity index (χ0n) is 6.24. The molecule has 0 aliphatic carbocycles. The molecule has 1 heterocycles. The van der Waals surface area contributed by atoms with E-state index in [1.54, 1.807) is 0 Å². The van der Waals surface area contributed by atoms with Crippen LogP contribution in [0.2, 0.25) is 0 Å². The van der Waals surface area contributed by atoms with Crippen LogP contribution in [0.25, 0.3) is 0 Å². The van der Waals surface area contributed by atoms with E-state index in [9.17, 15) is 0 Å². The highest BCUT2D eigenvalue weighted by atomic mass is 32.1. The van der Waals surface area contributed by atoms with Crippen LogP contribution in [0, 0.1) is 0 Å². The van der Waals surface area contributed by atoms with Crippen LogP contribution in [0.3, 0.4) is 0 Å². The first-order chi connectivity index (χ1) is 5.18. The number of hydrogen-bond acceptors (Lipinski definition) is 5. The van der Waals surface area contributed by atoms with E-state index in [1.807, 2.05) is 12.3 Å². The number of nitrogens with zero attached hydrogens (tertiary/aromatic N) is 1. The van der Waals surface area contributed by atoms with Gasteiger partial charge >= 0.3 is 0 Å². The fraction of sp³-hybridized carbons (Fsp3) is 0.500. The molecule has 3 N–H and O–H groups in total. The number of rotatable bonds is 3. The Labute approximate surface area is 75.4 Å². The average molecular weight is 189 g/mol. The monoisotopic (exact) mass is 189 g/mol. The van der Waals surface area contributed by atoms with Crippen LogP contribution >= 0.6 is 24.0 Å². The SMILES string of the molecule is C[C@H](S)NCc1csc(N)n1. The Bertz CT molecular complexity index is 221. The van der Waals surface area contributed by atoms with E-state index in [2.05, 4.69) is 22.9 Å². The maximum absolute atomic E-state index is 5.45. The summed E-state index contributed by atoms with van der Waals surface area (Å²) in [6, 6.07) is 0. The Morgan fingerprint density at radius 2 is 2.64 bits per heavy atom. The molecule has 0 saturated carbocycles. The van der Waals surface area contributed by atoms with Crippen molar-refractivity contribution in [2.45, 2.75) is 18.8 Å². The van der Waals surface area contributed by atoms with Crippen LogP contribution in [-0.2, 0) is 6.54 Å². The molecule has 0 amide bonds. The highest BCUT2D eigenvalue weighted by Gasteiger charge is 1.98. The maximum Gasteiger partial charge on any atom is 0.180 e. The Morgan fingerprint density at radius 3 is 3.09 bits per heavy atom. The summed E-state index contributed by atoms with van der Waals surface area (Å²) in [5, 5.41) is 5.88. The lowest BCUT2D eigenvalue weighted by atomic mass is 10.5. The minimum atomic E-state index is 0.193. The van der Waals surface area contributed by atoms with Crippen molar-refractivity contribution < 1.29 is 0 Å². The van der Waals surface area contributed by atoms with Gasteiger partial charge < -0.3 is 11.1 Å². The van der Waals surface area contributed by atoms with Gasteiger partial charge in [0.05, 0.1) is 5.69 Å². The molecule has 0 unspecified atom stereocenters. The van der Waals surface area contributed by atoms with E-state index in [4.69, 9.17) is 5.73 Å². The van der Waals surface area contributed by atoms with E-state index >= 15 is 0 Å². The Morgan fingerprint density at radius 1 is 1.91 bits per heavy atom. The molecule has 1 rings (SSSR count). The van der Waals surface area contributed by atoms with Gasteiger partial charge in [-0.15, -0.1) is 11.3 Å². The second-order valence-corrected chi connectivity index (χ2v) is 3.90. The number of hydrogen-bond donors (Lipinski definition) is 3. The summed E-state index contributed by atoms with van der Waals surface area (Å²) < 4.78 is 0. The van der Waals surface area contributed by atoms with Gasteiger partial charge in [0.2, 0.25) is 0 Å². The molecule has 0 radical (unpaired) electrons. The van der Waals surface area contributed by atoms with Crippen molar-refractivity contribution in [1.82, 2.24) is 10.3 Å². The Kier molecular flexibility index (Phi) is 3.16. The molecule has 1 atom stereocenters. The number of anilines is 1. The first-order valence-corrected chi connectivity index (χ1v) is 4.69. The summed E-state index contributed by atoms with van der Waals surface area (Å²) >= 11 is 5.63. The van der Waals surface area contributed by atoms with E-state index in [1.165, 1.54) is 11.3 Å². The maximum atomic E-state index is 5.45. The Balaban J connectivity index is 2.39. The van der Waals surface area contributed by atoms with Crippen LogP contribution in [-0.4, -0.2) is 10.4 Å². The molecule has 5 heteroatoms. The smallest absolute Gasteiger partial charge is 0.180 e. The third-order valence-corrected chi connectivity index (χ3v) is 2.05. The molecular weight excluding hydrogens is 178 g/mol. The lowest BCUT2D eigenvalue weighted by molar-refractivity contribution is 0.681. The lowest BCUT2D eigenvalue weighted by Crippen LogP contribution is -2.19.